The average molecular weight is 449 g/mol. The largest absolute Gasteiger partial charge is 0.441 e. The highest BCUT2D eigenvalue weighted by molar-refractivity contribution is 5.94. The first kappa shape index (κ1) is 21.4. The van der Waals surface area contributed by atoms with Crippen molar-refractivity contribution >= 4 is 5.91 Å². The zero-order chi connectivity index (χ0) is 23.3. The number of hydrogen-bond acceptors (Lipinski definition) is 4. The molecule has 0 aliphatic carbocycles. The Balaban J connectivity index is 1.19. The molecule has 2 heterocycles. The van der Waals surface area contributed by atoms with E-state index in [0.29, 0.717) is 30.3 Å². The van der Waals surface area contributed by atoms with Gasteiger partial charge in [-0.1, -0.05) is 60.7 Å². The van der Waals surface area contributed by atoms with Crippen LogP contribution in [0, 0.1) is 6.92 Å². The number of rotatable bonds is 7. The van der Waals surface area contributed by atoms with Crippen molar-refractivity contribution < 1.29 is 9.21 Å². The average Bonchev–Trinajstić information content (AvgIpc) is 3.50. The second-order valence-electron chi connectivity index (χ2n) is 8.03. The van der Waals surface area contributed by atoms with Gasteiger partial charge in [-0.25, -0.2) is 4.98 Å². The summed E-state index contributed by atoms with van der Waals surface area (Å²) in [5, 5.41) is 7.58. The number of carbonyl (C=O) groups is 1. The van der Waals surface area contributed by atoms with Crippen molar-refractivity contribution in [1.82, 2.24) is 20.1 Å². The van der Waals surface area contributed by atoms with E-state index >= 15 is 0 Å². The molecule has 1 amide bonds. The van der Waals surface area contributed by atoms with Crippen LogP contribution in [0.4, 0.5) is 0 Å². The van der Waals surface area contributed by atoms with Gasteiger partial charge in [0.15, 0.2) is 0 Å². The lowest BCUT2D eigenvalue weighted by molar-refractivity contribution is 0.0950. The molecule has 0 fully saturated rings. The Morgan fingerprint density at radius 2 is 1.56 bits per heavy atom. The Hall–Kier alpha value is -4.45. The Labute approximate surface area is 197 Å². The lowest BCUT2D eigenvalue weighted by Gasteiger charge is -2.06. The maximum atomic E-state index is 12.6. The summed E-state index contributed by atoms with van der Waals surface area (Å²) in [7, 11) is 0. The standard InChI is InChI=1S/C28H24N4O2/c1-20-26(30-28(34-20)24-10-6-3-7-11-24)18-29-27(33)23-14-12-21(13-15-23)19-32-17-16-25(31-32)22-8-4-2-5-9-22/h2-17H,18-19H2,1H3,(H,29,33). The van der Waals surface area contributed by atoms with E-state index in [0.717, 1.165) is 28.1 Å². The van der Waals surface area contributed by atoms with E-state index in [1.165, 1.54) is 0 Å². The van der Waals surface area contributed by atoms with Crippen LogP contribution in [0.2, 0.25) is 0 Å². The summed E-state index contributed by atoms with van der Waals surface area (Å²) in [6.07, 6.45) is 1.97. The minimum atomic E-state index is -0.152. The maximum absolute atomic E-state index is 12.6. The first-order valence-corrected chi connectivity index (χ1v) is 11.1. The third kappa shape index (κ3) is 4.81. The molecule has 0 radical (unpaired) electrons. The number of amides is 1. The topological polar surface area (TPSA) is 73.0 Å². The van der Waals surface area contributed by atoms with Crippen LogP contribution in [-0.2, 0) is 13.1 Å². The number of nitrogens with zero attached hydrogens (tertiary/aromatic N) is 3. The van der Waals surface area contributed by atoms with Gasteiger partial charge >= 0.3 is 0 Å². The quantitative estimate of drug-likeness (QED) is 0.357. The van der Waals surface area contributed by atoms with Crippen molar-refractivity contribution in [3.05, 3.63) is 120 Å². The molecular formula is C28H24N4O2. The minimum absolute atomic E-state index is 0.152. The van der Waals surface area contributed by atoms with Crippen molar-refractivity contribution in [3.8, 4) is 22.7 Å². The highest BCUT2D eigenvalue weighted by Gasteiger charge is 2.13. The Kier molecular flexibility index (Phi) is 6.03. The van der Waals surface area contributed by atoms with Crippen LogP contribution in [0.5, 0.6) is 0 Å². The van der Waals surface area contributed by atoms with Crippen LogP contribution in [0.25, 0.3) is 22.7 Å². The predicted molar refractivity (Wildman–Crippen MR) is 131 cm³/mol. The number of hydrogen-bond donors (Lipinski definition) is 1. The van der Waals surface area contributed by atoms with Gasteiger partial charge in [-0.3, -0.25) is 9.48 Å². The van der Waals surface area contributed by atoms with Crippen LogP contribution in [-0.4, -0.2) is 20.7 Å². The van der Waals surface area contributed by atoms with E-state index in [2.05, 4.69) is 15.4 Å². The van der Waals surface area contributed by atoms with Crippen molar-refractivity contribution in [2.45, 2.75) is 20.0 Å². The van der Waals surface area contributed by atoms with Crippen LogP contribution in [0.1, 0.15) is 27.4 Å². The molecule has 0 unspecified atom stereocenters. The number of aryl methyl sites for hydroxylation is 1. The summed E-state index contributed by atoms with van der Waals surface area (Å²) in [6.45, 7) is 2.79. The van der Waals surface area contributed by atoms with Gasteiger partial charge in [0.25, 0.3) is 5.91 Å². The SMILES string of the molecule is Cc1oc(-c2ccccc2)nc1CNC(=O)c1ccc(Cn2ccc(-c3ccccc3)n2)cc1. The van der Waals surface area contributed by atoms with Gasteiger partial charge in [-0.15, -0.1) is 0 Å². The summed E-state index contributed by atoms with van der Waals surface area (Å²) in [4.78, 5) is 17.2. The predicted octanol–water partition coefficient (Wildman–Crippen LogP) is 5.49. The molecular weight excluding hydrogens is 424 g/mol. The number of benzene rings is 3. The smallest absolute Gasteiger partial charge is 0.251 e. The molecule has 0 saturated carbocycles. The van der Waals surface area contributed by atoms with Crippen molar-refractivity contribution in [2.24, 2.45) is 0 Å². The monoisotopic (exact) mass is 448 g/mol. The fourth-order valence-electron chi connectivity index (χ4n) is 3.72. The second kappa shape index (κ2) is 9.58. The molecule has 168 valence electrons. The summed E-state index contributed by atoms with van der Waals surface area (Å²) in [5.41, 5.74) is 5.32. The van der Waals surface area contributed by atoms with Gasteiger partial charge in [0, 0.05) is 22.9 Å². The van der Waals surface area contributed by atoms with E-state index in [1.54, 1.807) is 0 Å². The lowest BCUT2D eigenvalue weighted by atomic mass is 10.1. The molecule has 0 spiro atoms. The summed E-state index contributed by atoms with van der Waals surface area (Å²) >= 11 is 0. The van der Waals surface area contributed by atoms with E-state index < -0.39 is 0 Å². The molecule has 3 aromatic carbocycles. The molecule has 0 atom stereocenters. The Bertz CT molecular complexity index is 1390. The molecule has 0 bridgehead atoms. The van der Waals surface area contributed by atoms with Crippen LogP contribution >= 0.6 is 0 Å². The van der Waals surface area contributed by atoms with Crippen LogP contribution in [0.3, 0.4) is 0 Å². The summed E-state index contributed by atoms with van der Waals surface area (Å²) in [6, 6.07) is 29.4. The maximum Gasteiger partial charge on any atom is 0.251 e. The Morgan fingerprint density at radius 3 is 2.26 bits per heavy atom. The molecule has 34 heavy (non-hydrogen) atoms. The number of oxazole rings is 1. The van der Waals surface area contributed by atoms with Gasteiger partial charge in [0.05, 0.1) is 18.8 Å². The second-order valence-corrected chi connectivity index (χ2v) is 8.03. The molecule has 0 saturated heterocycles. The lowest BCUT2D eigenvalue weighted by Crippen LogP contribution is -2.23. The zero-order valence-electron chi connectivity index (χ0n) is 18.8. The van der Waals surface area contributed by atoms with Gasteiger partial charge in [0.2, 0.25) is 5.89 Å². The summed E-state index contributed by atoms with van der Waals surface area (Å²) < 4.78 is 7.67. The molecule has 6 nitrogen and oxygen atoms in total. The minimum Gasteiger partial charge on any atom is -0.441 e. The highest BCUT2D eigenvalue weighted by atomic mass is 16.4. The highest BCUT2D eigenvalue weighted by Crippen LogP contribution is 2.21. The number of carbonyl (C=O) groups excluding carboxylic acids is 1. The fourth-order valence-corrected chi connectivity index (χ4v) is 3.72. The van der Waals surface area contributed by atoms with E-state index in [1.807, 2.05) is 109 Å². The normalized spacial score (nSPS) is 10.9. The van der Waals surface area contributed by atoms with Crippen molar-refractivity contribution in [3.63, 3.8) is 0 Å². The fraction of sp³-hybridized carbons (Fsp3) is 0.107. The number of nitrogens with one attached hydrogen (secondary N) is 1. The van der Waals surface area contributed by atoms with E-state index in [-0.39, 0.29) is 5.91 Å². The van der Waals surface area contributed by atoms with Crippen molar-refractivity contribution in [1.29, 1.82) is 0 Å². The Morgan fingerprint density at radius 1 is 0.882 bits per heavy atom. The number of aromatic nitrogens is 3. The molecule has 1 N–H and O–H groups in total. The van der Waals surface area contributed by atoms with E-state index in [4.69, 9.17) is 4.42 Å². The first-order valence-electron chi connectivity index (χ1n) is 11.1. The molecule has 2 aromatic heterocycles. The van der Waals surface area contributed by atoms with Gasteiger partial charge in [-0.2, -0.15) is 5.10 Å². The molecule has 5 aromatic rings. The van der Waals surface area contributed by atoms with Crippen LogP contribution < -0.4 is 5.32 Å². The third-order valence-electron chi connectivity index (χ3n) is 5.60. The van der Waals surface area contributed by atoms with E-state index in [9.17, 15) is 4.79 Å². The zero-order valence-corrected chi connectivity index (χ0v) is 18.8. The molecule has 0 aliphatic heterocycles. The third-order valence-corrected chi connectivity index (χ3v) is 5.60. The van der Waals surface area contributed by atoms with Crippen LogP contribution in [0.15, 0.2) is 102 Å². The summed E-state index contributed by atoms with van der Waals surface area (Å²) in [5.74, 6) is 1.10. The van der Waals surface area contributed by atoms with Gasteiger partial charge < -0.3 is 9.73 Å². The molecule has 6 heteroatoms. The first-order chi connectivity index (χ1) is 16.7. The molecule has 0 aliphatic rings. The van der Waals surface area contributed by atoms with Crippen molar-refractivity contribution in [2.75, 3.05) is 0 Å². The molecule has 5 rings (SSSR count). The van der Waals surface area contributed by atoms with Gasteiger partial charge in [-0.05, 0) is 42.8 Å². The van der Waals surface area contributed by atoms with Gasteiger partial charge in [0.1, 0.15) is 11.5 Å².